The van der Waals surface area contributed by atoms with Crippen LogP contribution in [0.5, 0.6) is 0 Å². The molecule has 2 N–H and O–H groups in total. The van der Waals surface area contributed by atoms with Crippen LogP contribution in [0.15, 0.2) is 48.9 Å². The summed E-state index contributed by atoms with van der Waals surface area (Å²) in [6, 6.07) is 9.72. The van der Waals surface area contributed by atoms with Gasteiger partial charge < -0.3 is 10.6 Å². The van der Waals surface area contributed by atoms with E-state index in [1.165, 1.54) is 11.1 Å². The normalized spacial score (nSPS) is 15.2. The van der Waals surface area contributed by atoms with Crippen molar-refractivity contribution in [3.8, 4) is 0 Å². The molecule has 3 heterocycles. The monoisotopic (exact) mass is 417 g/mol. The number of benzene rings is 1. The van der Waals surface area contributed by atoms with Crippen LogP contribution < -0.4 is 10.6 Å². The fourth-order valence-corrected chi connectivity index (χ4v) is 4.01. The molecule has 0 aliphatic carbocycles. The topological polar surface area (TPSA) is 88.9 Å². The van der Waals surface area contributed by atoms with E-state index in [1.54, 1.807) is 30.7 Å². The van der Waals surface area contributed by atoms with Gasteiger partial charge in [-0.25, -0.2) is 0 Å². The SMILES string of the molecule is Cc1ccc(CNC(=O)c2cnn3c2C[C@H](CNC(=O)c2cccnc2)CC3)c(C)c1. The smallest absolute Gasteiger partial charge is 0.255 e. The third-order valence-corrected chi connectivity index (χ3v) is 5.84. The zero-order chi connectivity index (χ0) is 21.8. The van der Waals surface area contributed by atoms with Crippen LogP contribution in [0.25, 0.3) is 0 Å². The van der Waals surface area contributed by atoms with Gasteiger partial charge in [0.25, 0.3) is 11.8 Å². The highest BCUT2D eigenvalue weighted by Gasteiger charge is 2.25. The molecule has 1 aromatic carbocycles. The molecule has 0 saturated carbocycles. The number of carbonyl (C=O) groups excluding carboxylic acids is 2. The second kappa shape index (κ2) is 9.12. The molecule has 2 amide bonds. The van der Waals surface area contributed by atoms with E-state index in [0.29, 0.717) is 30.6 Å². The number of fused-ring (bicyclic) bond motifs is 1. The zero-order valence-corrected chi connectivity index (χ0v) is 17.9. The van der Waals surface area contributed by atoms with E-state index in [0.717, 1.165) is 24.2 Å². The predicted molar refractivity (Wildman–Crippen MR) is 118 cm³/mol. The van der Waals surface area contributed by atoms with Gasteiger partial charge in [0.1, 0.15) is 0 Å². The van der Waals surface area contributed by atoms with Crippen LogP contribution in [-0.4, -0.2) is 33.1 Å². The highest BCUT2D eigenvalue weighted by atomic mass is 16.2. The summed E-state index contributed by atoms with van der Waals surface area (Å²) in [5.41, 5.74) is 5.59. The summed E-state index contributed by atoms with van der Waals surface area (Å²) in [4.78, 5) is 29.1. The maximum Gasteiger partial charge on any atom is 0.255 e. The molecular weight excluding hydrogens is 390 g/mol. The first kappa shape index (κ1) is 20.8. The molecular formula is C24H27N5O2. The number of pyridine rings is 1. The quantitative estimate of drug-likeness (QED) is 0.646. The molecule has 1 atom stereocenters. The van der Waals surface area contributed by atoms with Gasteiger partial charge in [-0.3, -0.25) is 19.3 Å². The Hall–Kier alpha value is -3.48. The average molecular weight is 418 g/mol. The van der Waals surface area contributed by atoms with Crippen molar-refractivity contribution in [3.05, 3.63) is 82.4 Å². The van der Waals surface area contributed by atoms with Crippen LogP contribution in [0.1, 0.15) is 49.5 Å². The van der Waals surface area contributed by atoms with Crippen molar-refractivity contribution < 1.29 is 9.59 Å². The summed E-state index contributed by atoms with van der Waals surface area (Å²) in [5, 5.41) is 10.4. The lowest BCUT2D eigenvalue weighted by Gasteiger charge is -2.24. The summed E-state index contributed by atoms with van der Waals surface area (Å²) in [6.07, 6.45) is 6.48. The molecule has 160 valence electrons. The molecule has 2 aromatic heterocycles. The number of nitrogens with zero attached hydrogens (tertiary/aromatic N) is 3. The number of hydrogen-bond acceptors (Lipinski definition) is 4. The minimum Gasteiger partial charge on any atom is -0.352 e. The molecule has 0 unspecified atom stereocenters. The van der Waals surface area contributed by atoms with E-state index < -0.39 is 0 Å². The lowest BCUT2D eigenvalue weighted by Crippen LogP contribution is -2.34. The highest BCUT2D eigenvalue weighted by molar-refractivity contribution is 5.95. The maximum absolute atomic E-state index is 12.8. The largest absolute Gasteiger partial charge is 0.352 e. The van der Waals surface area contributed by atoms with Crippen LogP contribution in [0.4, 0.5) is 0 Å². The van der Waals surface area contributed by atoms with Crippen LogP contribution in [0, 0.1) is 19.8 Å². The minimum absolute atomic E-state index is 0.110. The first-order chi connectivity index (χ1) is 15.0. The molecule has 31 heavy (non-hydrogen) atoms. The number of aryl methyl sites for hydroxylation is 3. The van der Waals surface area contributed by atoms with E-state index in [-0.39, 0.29) is 17.7 Å². The second-order valence-corrected chi connectivity index (χ2v) is 8.15. The lowest BCUT2D eigenvalue weighted by atomic mass is 9.94. The summed E-state index contributed by atoms with van der Waals surface area (Å²) in [6.45, 7) is 5.90. The van der Waals surface area contributed by atoms with Crippen LogP contribution in [0.3, 0.4) is 0 Å². The van der Waals surface area contributed by atoms with Gasteiger partial charge in [-0.1, -0.05) is 23.8 Å². The van der Waals surface area contributed by atoms with Crippen LogP contribution >= 0.6 is 0 Å². The van der Waals surface area contributed by atoms with Gasteiger partial charge in [-0.15, -0.1) is 0 Å². The first-order valence-corrected chi connectivity index (χ1v) is 10.6. The zero-order valence-electron chi connectivity index (χ0n) is 17.9. The fourth-order valence-electron chi connectivity index (χ4n) is 4.01. The van der Waals surface area contributed by atoms with Crippen molar-refractivity contribution in [1.29, 1.82) is 0 Å². The van der Waals surface area contributed by atoms with E-state index in [2.05, 4.69) is 52.8 Å². The molecule has 0 bridgehead atoms. The van der Waals surface area contributed by atoms with Gasteiger partial charge in [-0.05, 0) is 55.9 Å². The molecule has 7 nitrogen and oxygen atoms in total. The van der Waals surface area contributed by atoms with Crippen molar-refractivity contribution in [3.63, 3.8) is 0 Å². The number of aromatic nitrogens is 3. The standard InChI is InChI=1S/C24H27N5O2/c1-16-5-6-19(17(2)10-16)14-27-24(31)21-15-28-29-9-7-18(11-22(21)29)12-26-23(30)20-4-3-8-25-13-20/h3-6,8,10,13,15,18H,7,9,11-12,14H2,1-2H3,(H,26,30)(H,27,31)/t18-/m1/s1. The summed E-state index contributed by atoms with van der Waals surface area (Å²) >= 11 is 0. The van der Waals surface area contributed by atoms with Gasteiger partial charge >= 0.3 is 0 Å². The second-order valence-electron chi connectivity index (χ2n) is 8.15. The molecule has 0 fully saturated rings. The molecule has 7 heteroatoms. The van der Waals surface area contributed by atoms with Crippen molar-refractivity contribution in [1.82, 2.24) is 25.4 Å². The number of hydrogen-bond donors (Lipinski definition) is 2. The highest BCUT2D eigenvalue weighted by Crippen LogP contribution is 2.23. The molecule has 1 aliphatic rings. The number of carbonyl (C=O) groups is 2. The molecule has 1 aliphatic heterocycles. The van der Waals surface area contributed by atoms with Crippen molar-refractivity contribution in [2.24, 2.45) is 5.92 Å². The Morgan fingerprint density at radius 2 is 2.00 bits per heavy atom. The Morgan fingerprint density at radius 1 is 1.13 bits per heavy atom. The maximum atomic E-state index is 12.8. The Kier molecular flexibility index (Phi) is 6.11. The van der Waals surface area contributed by atoms with E-state index in [4.69, 9.17) is 0 Å². The Bertz CT molecular complexity index is 1090. The molecule has 3 aromatic rings. The van der Waals surface area contributed by atoms with Crippen molar-refractivity contribution in [2.75, 3.05) is 6.54 Å². The van der Waals surface area contributed by atoms with Crippen molar-refractivity contribution >= 4 is 11.8 Å². The van der Waals surface area contributed by atoms with E-state index in [1.807, 2.05) is 4.68 Å². The summed E-state index contributed by atoms with van der Waals surface area (Å²) in [5.74, 6) is 0.0237. The molecule has 0 radical (unpaired) electrons. The third kappa shape index (κ3) is 4.82. The van der Waals surface area contributed by atoms with Crippen LogP contribution in [-0.2, 0) is 19.5 Å². The number of rotatable bonds is 6. The van der Waals surface area contributed by atoms with Crippen molar-refractivity contribution in [2.45, 2.75) is 39.8 Å². The van der Waals surface area contributed by atoms with E-state index >= 15 is 0 Å². The van der Waals surface area contributed by atoms with Gasteiger partial charge in [0.15, 0.2) is 0 Å². The van der Waals surface area contributed by atoms with Gasteiger partial charge in [-0.2, -0.15) is 5.10 Å². The van der Waals surface area contributed by atoms with Gasteiger partial charge in [0, 0.05) is 32.0 Å². The minimum atomic E-state index is -0.126. The first-order valence-electron chi connectivity index (χ1n) is 10.6. The predicted octanol–water partition coefficient (Wildman–Crippen LogP) is 2.82. The summed E-state index contributed by atoms with van der Waals surface area (Å²) < 4.78 is 1.91. The number of nitrogens with one attached hydrogen (secondary N) is 2. The van der Waals surface area contributed by atoms with Gasteiger partial charge in [0.2, 0.25) is 0 Å². The Morgan fingerprint density at radius 3 is 2.77 bits per heavy atom. The lowest BCUT2D eigenvalue weighted by molar-refractivity contribution is 0.0934. The third-order valence-electron chi connectivity index (χ3n) is 5.84. The van der Waals surface area contributed by atoms with Crippen LogP contribution in [0.2, 0.25) is 0 Å². The van der Waals surface area contributed by atoms with Gasteiger partial charge in [0.05, 0.1) is 23.0 Å². The van der Waals surface area contributed by atoms with E-state index in [9.17, 15) is 9.59 Å². The average Bonchev–Trinajstić information content (AvgIpc) is 3.20. The molecule has 0 spiro atoms. The molecule has 4 rings (SSSR count). The fraction of sp³-hybridized carbons (Fsp3) is 0.333. The Labute approximate surface area is 181 Å². The Balaban J connectivity index is 1.37. The number of amides is 2. The summed E-state index contributed by atoms with van der Waals surface area (Å²) in [7, 11) is 0. The molecule has 0 saturated heterocycles.